The molecule has 1 unspecified atom stereocenters. The molecule has 1 aliphatic carbocycles. The summed E-state index contributed by atoms with van der Waals surface area (Å²) in [5, 5.41) is 22.5. The summed E-state index contributed by atoms with van der Waals surface area (Å²) in [5.41, 5.74) is 1.41. The Morgan fingerprint density at radius 1 is 1.19 bits per heavy atom. The molecule has 0 bridgehead atoms. The second kappa shape index (κ2) is 15.0. The van der Waals surface area contributed by atoms with Crippen molar-refractivity contribution >= 4 is 40.0 Å². The molecule has 1 saturated carbocycles. The van der Waals surface area contributed by atoms with E-state index in [1.165, 1.54) is 0 Å². The fraction of sp³-hybridized carbons (Fsp3) is 0.633. The Hall–Kier alpha value is -2.22. The zero-order valence-corrected chi connectivity index (χ0v) is 26.1. The van der Waals surface area contributed by atoms with Crippen molar-refractivity contribution in [2.45, 2.75) is 56.3 Å². The molecule has 3 aliphatic rings. The molecule has 0 radical (unpaired) electrons. The Labute approximate surface area is 257 Å². The Kier molecular flexibility index (Phi) is 11.1. The number of morpholine rings is 1. The molecule has 2 saturated heterocycles. The first-order chi connectivity index (χ1) is 20.5. The Morgan fingerprint density at radius 2 is 1.95 bits per heavy atom. The van der Waals surface area contributed by atoms with E-state index in [0.717, 1.165) is 87.3 Å². The summed E-state index contributed by atoms with van der Waals surface area (Å²) in [7, 11) is 0. The number of aliphatic hydroxyl groups is 1. The van der Waals surface area contributed by atoms with Crippen LogP contribution in [0, 0.1) is 0 Å². The molecule has 2 aromatic rings. The van der Waals surface area contributed by atoms with Crippen molar-refractivity contribution < 1.29 is 19.4 Å². The molecule has 3 fully saturated rings. The monoisotopic (exact) mass is 616 g/mol. The zero-order chi connectivity index (χ0) is 29.4. The van der Waals surface area contributed by atoms with E-state index in [2.05, 4.69) is 31.1 Å². The SMILES string of the molecule is CSCC[C@@H](CO)NC(=O)C1(NC(=O)c2ccc(-c3csc(N4CCNCC4N4CCOCC4)n3)cc2)CCCCC1. The number of thioether (sulfide) groups is 1. The van der Waals surface area contributed by atoms with Gasteiger partial charge in [0.2, 0.25) is 5.91 Å². The summed E-state index contributed by atoms with van der Waals surface area (Å²) < 4.78 is 5.56. The van der Waals surface area contributed by atoms with Gasteiger partial charge < -0.3 is 30.7 Å². The van der Waals surface area contributed by atoms with E-state index in [0.29, 0.717) is 24.8 Å². The van der Waals surface area contributed by atoms with Gasteiger partial charge in [0, 0.05) is 49.2 Å². The number of anilines is 1. The Bertz CT molecular complexity index is 1170. The third-order valence-electron chi connectivity index (χ3n) is 8.58. The van der Waals surface area contributed by atoms with Crippen molar-refractivity contribution in [2.24, 2.45) is 0 Å². The molecule has 3 heterocycles. The van der Waals surface area contributed by atoms with Crippen LogP contribution in [-0.4, -0.2) is 109 Å². The van der Waals surface area contributed by atoms with Crippen molar-refractivity contribution in [3.63, 3.8) is 0 Å². The summed E-state index contributed by atoms with van der Waals surface area (Å²) >= 11 is 3.33. The molecule has 0 spiro atoms. The van der Waals surface area contributed by atoms with Crippen molar-refractivity contribution in [1.82, 2.24) is 25.8 Å². The number of carbonyl (C=O) groups is 2. The summed E-state index contributed by atoms with van der Waals surface area (Å²) in [5.74, 6) is 0.406. The highest BCUT2D eigenvalue weighted by atomic mass is 32.2. The van der Waals surface area contributed by atoms with Gasteiger partial charge in [0.1, 0.15) is 5.54 Å². The molecule has 1 aromatic heterocycles. The van der Waals surface area contributed by atoms with Crippen LogP contribution in [-0.2, 0) is 9.53 Å². The average Bonchev–Trinajstić information content (AvgIpc) is 3.54. The largest absolute Gasteiger partial charge is 0.394 e. The van der Waals surface area contributed by atoms with Crippen molar-refractivity contribution in [2.75, 3.05) is 69.5 Å². The second-order valence-corrected chi connectivity index (χ2v) is 13.2. The lowest BCUT2D eigenvalue weighted by atomic mass is 9.80. The summed E-state index contributed by atoms with van der Waals surface area (Å²) in [6, 6.07) is 7.18. The number of hydrogen-bond donors (Lipinski definition) is 4. The van der Waals surface area contributed by atoms with Gasteiger partial charge in [-0.1, -0.05) is 31.4 Å². The minimum Gasteiger partial charge on any atom is -0.394 e. The maximum absolute atomic E-state index is 13.4. The van der Waals surface area contributed by atoms with E-state index in [1.54, 1.807) is 23.1 Å². The summed E-state index contributed by atoms with van der Waals surface area (Å²) in [6.45, 7) is 6.00. The number of aliphatic hydroxyl groups excluding tert-OH is 1. The molecular formula is C30H44N6O4S2. The second-order valence-electron chi connectivity index (χ2n) is 11.4. The van der Waals surface area contributed by atoms with Crippen molar-refractivity contribution in [3.05, 3.63) is 35.2 Å². The summed E-state index contributed by atoms with van der Waals surface area (Å²) in [4.78, 5) is 36.7. The maximum Gasteiger partial charge on any atom is 0.252 e. The zero-order valence-electron chi connectivity index (χ0n) is 24.5. The standard InChI is InChI=1S/C30H44N6O4S2/c1-41-18-9-24(20-37)32-28(39)30(10-3-2-4-11-30)34-27(38)23-7-5-22(6-8-23)25-21-42-29(33-25)36-13-12-31-19-26(36)35-14-16-40-17-15-35/h5-8,21,24,26,31,37H,2-4,9-20H2,1H3,(H,32,39)(H,34,38)/t24-,26?/m0/s1. The topological polar surface area (TPSA) is 119 Å². The molecule has 2 atom stereocenters. The summed E-state index contributed by atoms with van der Waals surface area (Å²) in [6.07, 6.45) is 6.97. The number of rotatable bonds is 11. The molecule has 2 amide bonds. The molecule has 12 heteroatoms. The van der Waals surface area contributed by atoms with Gasteiger partial charge in [-0.2, -0.15) is 11.8 Å². The molecule has 10 nitrogen and oxygen atoms in total. The number of hydrogen-bond acceptors (Lipinski definition) is 10. The lowest BCUT2D eigenvalue weighted by Crippen LogP contribution is -2.61. The van der Waals surface area contributed by atoms with Crippen LogP contribution in [0.2, 0.25) is 0 Å². The first-order valence-electron chi connectivity index (χ1n) is 15.1. The van der Waals surface area contributed by atoms with Gasteiger partial charge in [-0.25, -0.2) is 4.98 Å². The number of carbonyl (C=O) groups excluding carboxylic acids is 2. The van der Waals surface area contributed by atoms with Gasteiger partial charge in [-0.3, -0.25) is 14.5 Å². The number of nitrogens with one attached hydrogen (secondary N) is 3. The normalized spacial score (nSPS) is 22.0. The Balaban J connectivity index is 1.25. The number of thiazole rings is 1. The molecule has 2 aliphatic heterocycles. The number of benzene rings is 1. The number of piperazine rings is 1. The minimum absolute atomic E-state index is 0.112. The Morgan fingerprint density at radius 3 is 2.67 bits per heavy atom. The fourth-order valence-electron chi connectivity index (χ4n) is 6.08. The lowest BCUT2D eigenvalue weighted by Gasteiger charge is -2.44. The van der Waals surface area contributed by atoms with E-state index in [9.17, 15) is 14.7 Å². The van der Waals surface area contributed by atoms with E-state index in [4.69, 9.17) is 9.72 Å². The molecule has 1 aromatic carbocycles. The fourth-order valence-corrected chi connectivity index (χ4v) is 7.51. The quantitative estimate of drug-likeness (QED) is 0.302. The van der Waals surface area contributed by atoms with Crippen LogP contribution in [0.4, 0.5) is 5.13 Å². The van der Waals surface area contributed by atoms with E-state index in [1.807, 2.05) is 30.5 Å². The van der Waals surface area contributed by atoms with Crippen molar-refractivity contribution in [3.8, 4) is 11.3 Å². The van der Waals surface area contributed by atoms with Gasteiger partial charge >= 0.3 is 0 Å². The van der Waals surface area contributed by atoms with Crippen LogP contribution >= 0.6 is 23.1 Å². The predicted octanol–water partition coefficient (Wildman–Crippen LogP) is 2.54. The number of amides is 2. The average molecular weight is 617 g/mol. The minimum atomic E-state index is -0.953. The third kappa shape index (κ3) is 7.46. The lowest BCUT2D eigenvalue weighted by molar-refractivity contribution is -0.129. The first kappa shape index (κ1) is 31.2. The molecule has 5 rings (SSSR count). The molecule has 4 N–H and O–H groups in total. The third-order valence-corrected chi connectivity index (χ3v) is 10.1. The highest BCUT2D eigenvalue weighted by molar-refractivity contribution is 7.98. The predicted molar refractivity (Wildman–Crippen MR) is 169 cm³/mol. The van der Waals surface area contributed by atoms with Crippen molar-refractivity contribution in [1.29, 1.82) is 0 Å². The van der Waals surface area contributed by atoms with Crippen LogP contribution in [0.1, 0.15) is 48.9 Å². The van der Waals surface area contributed by atoms with Gasteiger partial charge in [0.25, 0.3) is 5.91 Å². The smallest absolute Gasteiger partial charge is 0.252 e. The maximum atomic E-state index is 13.4. The first-order valence-corrected chi connectivity index (χ1v) is 17.4. The molecule has 230 valence electrons. The highest BCUT2D eigenvalue weighted by Crippen LogP contribution is 2.31. The van der Waals surface area contributed by atoms with E-state index < -0.39 is 5.54 Å². The highest BCUT2D eigenvalue weighted by Gasteiger charge is 2.41. The molecule has 42 heavy (non-hydrogen) atoms. The van der Waals surface area contributed by atoms with Gasteiger partial charge in [-0.15, -0.1) is 11.3 Å². The van der Waals surface area contributed by atoms with Gasteiger partial charge in [-0.05, 0) is 43.4 Å². The molecular weight excluding hydrogens is 573 g/mol. The van der Waals surface area contributed by atoms with Crippen LogP contribution in [0.15, 0.2) is 29.6 Å². The number of ether oxygens (including phenoxy) is 1. The van der Waals surface area contributed by atoms with E-state index in [-0.39, 0.29) is 30.6 Å². The van der Waals surface area contributed by atoms with Crippen LogP contribution in [0.3, 0.4) is 0 Å². The van der Waals surface area contributed by atoms with Crippen LogP contribution < -0.4 is 20.9 Å². The van der Waals surface area contributed by atoms with Crippen LogP contribution in [0.5, 0.6) is 0 Å². The van der Waals surface area contributed by atoms with Gasteiger partial charge in [0.05, 0.1) is 37.7 Å². The van der Waals surface area contributed by atoms with E-state index >= 15 is 0 Å². The van der Waals surface area contributed by atoms with Crippen LogP contribution in [0.25, 0.3) is 11.3 Å². The van der Waals surface area contributed by atoms with Gasteiger partial charge in [0.15, 0.2) is 5.13 Å². The number of nitrogens with zero attached hydrogens (tertiary/aromatic N) is 3. The number of aromatic nitrogens is 1.